The van der Waals surface area contributed by atoms with Gasteiger partial charge in [-0.3, -0.25) is 37.3 Å². The van der Waals surface area contributed by atoms with E-state index in [2.05, 4.69) is 55.4 Å². The van der Waals surface area contributed by atoms with Gasteiger partial charge >= 0.3 is 39.5 Å². The monoisotopic (exact) mass is 1340 g/mol. The Morgan fingerprint density at radius 3 is 0.780 bits per heavy atom. The topological polar surface area (TPSA) is 237 Å². The highest BCUT2D eigenvalue weighted by atomic mass is 31.2. The van der Waals surface area contributed by atoms with E-state index in [1.165, 1.54) is 148 Å². The molecule has 91 heavy (non-hydrogen) atoms. The molecule has 19 heteroatoms. The van der Waals surface area contributed by atoms with Gasteiger partial charge in [-0.05, 0) is 49.4 Å². The van der Waals surface area contributed by atoms with Crippen molar-refractivity contribution < 1.29 is 80.2 Å². The van der Waals surface area contributed by atoms with E-state index in [1.807, 2.05) is 0 Å². The molecule has 0 bridgehead atoms. The van der Waals surface area contributed by atoms with Gasteiger partial charge < -0.3 is 33.8 Å². The summed E-state index contributed by atoms with van der Waals surface area (Å²) in [7, 11) is -9.91. The van der Waals surface area contributed by atoms with Crippen LogP contribution < -0.4 is 0 Å². The normalized spacial score (nSPS) is 14.8. The first-order chi connectivity index (χ1) is 43.7. The van der Waals surface area contributed by atoms with E-state index >= 15 is 0 Å². The molecule has 0 saturated carbocycles. The third-order valence-electron chi connectivity index (χ3n) is 17.3. The Bertz CT molecular complexity index is 1800. The van der Waals surface area contributed by atoms with Crippen LogP contribution >= 0.6 is 15.6 Å². The maximum Gasteiger partial charge on any atom is 0.472 e. The third-order valence-corrected chi connectivity index (χ3v) is 19.2. The van der Waals surface area contributed by atoms with Crippen LogP contribution in [-0.2, 0) is 65.4 Å². The van der Waals surface area contributed by atoms with Crippen LogP contribution in [-0.4, -0.2) is 96.7 Å². The maximum atomic E-state index is 13.0. The molecule has 0 heterocycles. The number of hydrogen-bond acceptors (Lipinski definition) is 15. The summed E-state index contributed by atoms with van der Waals surface area (Å²) in [4.78, 5) is 72.6. The second kappa shape index (κ2) is 61.6. The first-order valence-corrected chi connectivity index (χ1v) is 40.3. The number of ether oxygens (including phenoxy) is 4. The van der Waals surface area contributed by atoms with Gasteiger partial charge in [0.05, 0.1) is 26.4 Å². The van der Waals surface area contributed by atoms with Gasteiger partial charge in [-0.15, -0.1) is 0 Å². The summed E-state index contributed by atoms with van der Waals surface area (Å²) in [5.74, 6) is 0.905. The lowest BCUT2D eigenvalue weighted by atomic mass is 9.99. The van der Waals surface area contributed by atoms with E-state index in [9.17, 15) is 43.2 Å². The molecule has 0 radical (unpaired) electrons. The van der Waals surface area contributed by atoms with E-state index in [-0.39, 0.29) is 25.7 Å². The quantitative estimate of drug-likeness (QED) is 0.0222. The number of carbonyl (C=O) groups is 4. The van der Waals surface area contributed by atoms with Crippen LogP contribution in [0.1, 0.15) is 357 Å². The zero-order valence-electron chi connectivity index (χ0n) is 59.5. The van der Waals surface area contributed by atoms with Crippen molar-refractivity contribution in [1.82, 2.24) is 0 Å². The Labute approximate surface area is 556 Å². The van der Waals surface area contributed by atoms with E-state index < -0.39 is 97.5 Å². The fourth-order valence-corrected chi connectivity index (χ4v) is 12.4. The number of hydrogen-bond donors (Lipinski definition) is 3. The third kappa shape index (κ3) is 63.9. The molecule has 540 valence electrons. The van der Waals surface area contributed by atoms with E-state index in [1.54, 1.807) is 0 Å². The summed E-state index contributed by atoms with van der Waals surface area (Å²) in [5.41, 5.74) is 0. The van der Waals surface area contributed by atoms with Crippen LogP contribution in [0.25, 0.3) is 0 Å². The fraction of sp³-hybridized carbons (Fsp3) is 0.944. The summed E-state index contributed by atoms with van der Waals surface area (Å²) in [6, 6.07) is 0. The highest BCUT2D eigenvalue weighted by Gasteiger charge is 2.30. The van der Waals surface area contributed by atoms with Crippen molar-refractivity contribution in [3.63, 3.8) is 0 Å². The molecule has 0 saturated heterocycles. The number of aliphatic hydroxyl groups excluding tert-OH is 1. The standard InChI is InChI=1S/C72H140O17P2/c1-9-64(7)50-42-34-26-20-15-13-11-12-14-16-21-27-38-46-54-71(76)88-67(58-82-69(74)52-44-36-29-23-25-33-41-49-63(5)6)60-86-90(78,79)84-56-66(73)57-85-91(80,81)87-61-68(59-83-70(75)53-45-37-31-30-35-43-51-65(8)10-2)89-72(77)55-47-39-28-22-18-17-19-24-32-40-48-62(3)4/h62-68,73H,9-61H2,1-8H3,(H,78,79)(H,80,81)/t64?,65?,66?,67-,68-/m1/s1. The summed E-state index contributed by atoms with van der Waals surface area (Å²) in [5, 5.41) is 10.6. The molecule has 0 aliphatic heterocycles. The lowest BCUT2D eigenvalue weighted by Crippen LogP contribution is -2.30. The number of rotatable bonds is 69. The molecule has 0 aromatic carbocycles. The van der Waals surface area contributed by atoms with Gasteiger partial charge in [-0.25, -0.2) is 9.13 Å². The van der Waals surface area contributed by atoms with Gasteiger partial charge in [0.15, 0.2) is 12.2 Å². The summed E-state index contributed by atoms with van der Waals surface area (Å²) in [6.45, 7) is 14.1. The van der Waals surface area contributed by atoms with Crippen molar-refractivity contribution >= 4 is 39.5 Å². The molecular formula is C72H140O17P2. The van der Waals surface area contributed by atoms with Gasteiger partial charge in [-0.1, -0.05) is 306 Å². The molecule has 0 aromatic rings. The molecule has 0 aliphatic rings. The Morgan fingerprint density at radius 1 is 0.308 bits per heavy atom. The molecule has 0 aromatic heterocycles. The fourth-order valence-electron chi connectivity index (χ4n) is 10.8. The number of aliphatic hydroxyl groups is 1. The second-order valence-corrected chi connectivity index (χ2v) is 30.3. The van der Waals surface area contributed by atoms with Crippen LogP contribution in [0, 0.1) is 23.7 Å². The molecule has 3 N–H and O–H groups in total. The van der Waals surface area contributed by atoms with Crippen molar-refractivity contribution in [2.24, 2.45) is 23.7 Å². The first kappa shape index (κ1) is 89.1. The van der Waals surface area contributed by atoms with Crippen LogP contribution in [0.15, 0.2) is 0 Å². The molecule has 7 atom stereocenters. The minimum absolute atomic E-state index is 0.104. The van der Waals surface area contributed by atoms with E-state index in [4.69, 9.17) is 37.0 Å². The summed E-state index contributed by atoms with van der Waals surface area (Å²) in [6.07, 6.45) is 44.5. The molecule has 5 unspecified atom stereocenters. The highest BCUT2D eigenvalue weighted by Crippen LogP contribution is 2.45. The average molecular weight is 1340 g/mol. The molecule has 17 nitrogen and oxygen atoms in total. The van der Waals surface area contributed by atoms with Crippen LogP contribution in [0.2, 0.25) is 0 Å². The first-order valence-electron chi connectivity index (χ1n) is 37.3. The van der Waals surface area contributed by atoms with Crippen LogP contribution in [0.3, 0.4) is 0 Å². The number of phosphoric ester groups is 2. The van der Waals surface area contributed by atoms with Crippen LogP contribution in [0.4, 0.5) is 0 Å². The van der Waals surface area contributed by atoms with Gasteiger partial charge in [-0.2, -0.15) is 0 Å². The second-order valence-electron chi connectivity index (χ2n) is 27.4. The zero-order chi connectivity index (χ0) is 67.5. The van der Waals surface area contributed by atoms with Gasteiger partial charge in [0.25, 0.3) is 0 Å². The molecular weight excluding hydrogens is 1200 g/mol. The minimum atomic E-state index is -4.95. The van der Waals surface area contributed by atoms with Crippen molar-refractivity contribution in [3.05, 3.63) is 0 Å². The molecule has 0 fully saturated rings. The number of carbonyl (C=O) groups excluding carboxylic acids is 4. The number of phosphoric acid groups is 2. The Morgan fingerprint density at radius 2 is 0.527 bits per heavy atom. The van der Waals surface area contributed by atoms with Crippen molar-refractivity contribution in [2.75, 3.05) is 39.6 Å². The van der Waals surface area contributed by atoms with Crippen molar-refractivity contribution in [3.8, 4) is 0 Å². The van der Waals surface area contributed by atoms with Crippen molar-refractivity contribution in [1.29, 1.82) is 0 Å². The smallest absolute Gasteiger partial charge is 0.462 e. The molecule has 0 amide bonds. The molecule has 0 rings (SSSR count). The van der Waals surface area contributed by atoms with Gasteiger partial charge in [0.2, 0.25) is 0 Å². The van der Waals surface area contributed by atoms with Gasteiger partial charge in [0, 0.05) is 25.7 Å². The predicted octanol–water partition coefficient (Wildman–Crippen LogP) is 20.5. The Balaban J connectivity index is 5.23. The van der Waals surface area contributed by atoms with E-state index in [0.29, 0.717) is 31.6 Å². The highest BCUT2D eigenvalue weighted by molar-refractivity contribution is 7.47. The minimum Gasteiger partial charge on any atom is -0.462 e. The maximum absolute atomic E-state index is 13.0. The lowest BCUT2D eigenvalue weighted by molar-refractivity contribution is -0.161. The molecule has 0 spiro atoms. The number of esters is 4. The molecule has 0 aliphatic carbocycles. The SMILES string of the molecule is CCC(C)CCCCCCCCCCCCCCCCC(=O)O[C@H](COC(=O)CCCCCCCCCC(C)C)COP(=O)(O)OCC(O)COP(=O)(O)OC[C@@H](COC(=O)CCCCCCCCC(C)CC)OC(=O)CCCCCCCCCCCCC(C)C. The van der Waals surface area contributed by atoms with Gasteiger partial charge in [0.1, 0.15) is 19.3 Å². The van der Waals surface area contributed by atoms with Crippen LogP contribution in [0.5, 0.6) is 0 Å². The number of unbranched alkanes of at least 4 members (excludes halogenated alkanes) is 33. The largest absolute Gasteiger partial charge is 0.472 e. The predicted molar refractivity (Wildman–Crippen MR) is 367 cm³/mol. The van der Waals surface area contributed by atoms with E-state index in [0.717, 1.165) is 120 Å². The Kier molecular flexibility index (Phi) is 60.3. The lowest BCUT2D eigenvalue weighted by Gasteiger charge is -2.21. The summed E-state index contributed by atoms with van der Waals surface area (Å²) < 4.78 is 68.3. The Hall–Kier alpha value is -1.94. The average Bonchev–Trinajstić information content (AvgIpc) is 3.46. The van der Waals surface area contributed by atoms with Crippen molar-refractivity contribution in [2.45, 2.75) is 375 Å². The zero-order valence-corrected chi connectivity index (χ0v) is 61.3. The summed E-state index contributed by atoms with van der Waals surface area (Å²) >= 11 is 0.